The molecular formula is C18H31N3. The minimum atomic E-state index is 0.482. The Kier molecular flexibility index (Phi) is 6.04. The fourth-order valence-corrected chi connectivity index (χ4v) is 3.10. The summed E-state index contributed by atoms with van der Waals surface area (Å²) in [5, 5.41) is 3.44. The molecule has 0 radical (unpaired) electrons. The molecule has 0 aliphatic carbocycles. The summed E-state index contributed by atoms with van der Waals surface area (Å²) in [7, 11) is 0. The maximum absolute atomic E-state index is 4.62. The van der Waals surface area contributed by atoms with Gasteiger partial charge in [-0.3, -0.25) is 4.90 Å². The van der Waals surface area contributed by atoms with Crippen LogP contribution in [0.5, 0.6) is 0 Å². The van der Waals surface area contributed by atoms with Crippen LogP contribution < -0.4 is 5.32 Å². The zero-order valence-corrected chi connectivity index (χ0v) is 14.1. The maximum atomic E-state index is 4.62. The van der Waals surface area contributed by atoms with Crippen molar-refractivity contribution in [1.29, 1.82) is 0 Å². The Morgan fingerprint density at radius 1 is 1.29 bits per heavy atom. The monoisotopic (exact) mass is 289 g/mol. The van der Waals surface area contributed by atoms with Crippen LogP contribution in [-0.2, 0) is 0 Å². The van der Waals surface area contributed by atoms with E-state index in [2.05, 4.69) is 61.2 Å². The predicted molar refractivity (Wildman–Crippen MR) is 90.6 cm³/mol. The Labute approximate surface area is 130 Å². The van der Waals surface area contributed by atoms with Crippen LogP contribution in [0.1, 0.15) is 65.0 Å². The summed E-state index contributed by atoms with van der Waals surface area (Å²) in [5.74, 6) is 1.73. The van der Waals surface area contributed by atoms with Gasteiger partial charge in [-0.2, -0.15) is 0 Å². The van der Waals surface area contributed by atoms with Gasteiger partial charge in [-0.25, -0.2) is 4.98 Å². The van der Waals surface area contributed by atoms with Crippen LogP contribution >= 0.6 is 0 Å². The number of hydrogen-bond acceptors (Lipinski definition) is 3. The van der Waals surface area contributed by atoms with Gasteiger partial charge in [0.1, 0.15) is 5.82 Å². The van der Waals surface area contributed by atoms with E-state index in [1.807, 2.05) is 0 Å². The molecule has 1 aliphatic rings. The molecule has 2 rings (SSSR count). The second kappa shape index (κ2) is 7.79. The highest BCUT2D eigenvalue weighted by Gasteiger charge is 2.24. The van der Waals surface area contributed by atoms with Gasteiger partial charge in [0.05, 0.1) is 0 Å². The Balaban J connectivity index is 2.05. The number of piperidine rings is 1. The van der Waals surface area contributed by atoms with E-state index in [1.54, 1.807) is 0 Å². The second-order valence-electron chi connectivity index (χ2n) is 6.83. The largest absolute Gasteiger partial charge is 0.368 e. The van der Waals surface area contributed by atoms with Crippen LogP contribution in [0.25, 0.3) is 0 Å². The molecule has 0 amide bonds. The number of likely N-dealkylation sites (tertiary alicyclic amines) is 1. The molecule has 1 aliphatic heterocycles. The first-order valence-corrected chi connectivity index (χ1v) is 8.56. The van der Waals surface area contributed by atoms with Gasteiger partial charge in [0.25, 0.3) is 0 Å². The quantitative estimate of drug-likeness (QED) is 0.837. The van der Waals surface area contributed by atoms with Gasteiger partial charge in [-0.15, -0.1) is 0 Å². The normalized spacial score (nSPS) is 21.5. The highest BCUT2D eigenvalue weighted by Crippen LogP contribution is 2.31. The Morgan fingerprint density at radius 3 is 2.71 bits per heavy atom. The van der Waals surface area contributed by atoms with Crippen molar-refractivity contribution in [1.82, 2.24) is 9.88 Å². The third kappa shape index (κ3) is 4.70. The minimum Gasteiger partial charge on any atom is -0.368 e. The molecular weight excluding hydrogens is 258 g/mol. The standard InChI is InChI=1S/C18H31N3/c1-5-15(4)20-18-10-9-16(12-19-18)17-8-6-7-11-21(17)13-14(2)3/h9-10,12,14-15,17H,5-8,11,13H2,1-4H3,(H,19,20)/t15-,17-/m1/s1. The molecule has 118 valence electrons. The average molecular weight is 289 g/mol. The van der Waals surface area contributed by atoms with Gasteiger partial charge in [0.2, 0.25) is 0 Å². The molecule has 0 aromatic carbocycles. The van der Waals surface area contributed by atoms with Crippen molar-refractivity contribution in [2.24, 2.45) is 5.92 Å². The van der Waals surface area contributed by atoms with E-state index in [-0.39, 0.29) is 0 Å². The summed E-state index contributed by atoms with van der Waals surface area (Å²) in [4.78, 5) is 7.26. The predicted octanol–water partition coefficient (Wildman–Crippen LogP) is 4.48. The lowest BCUT2D eigenvalue weighted by Crippen LogP contribution is -2.36. The van der Waals surface area contributed by atoms with Gasteiger partial charge in [-0.1, -0.05) is 33.3 Å². The zero-order chi connectivity index (χ0) is 15.2. The number of hydrogen-bond donors (Lipinski definition) is 1. The molecule has 0 unspecified atom stereocenters. The molecule has 2 heterocycles. The fourth-order valence-electron chi connectivity index (χ4n) is 3.10. The summed E-state index contributed by atoms with van der Waals surface area (Å²) in [6, 6.07) is 5.45. The van der Waals surface area contributed by atoms with Crippen LogP contribution in [0.3, 0.4) is 0 Å². The number of pyridine rings is 1. The van der Waals surface area contributed by atoms with E-state index in [9.17, 15) is 0 Å². The molecule has 1 saturated heterocycles. The van der Waals surface area contributed by atoms with E-state index in [0.717, 1.165) is 18.2 Å². The summed E-state index contributed by atoms with van der Waals surface area (Å²) in [5.41, 5.74) is 1.38. The van der Waals surface area contributed by atoms with Gasteiger partial charge >= 0.3 is 0 Å². The lowest BCUT2D eigenvalue weighted by molar-refractivity contribution is 0.132. The molecule has 1 fully saturated rings. The van der Waals surface area contributed by atoms with Crippen molar-refractivity contribution >= 4 is 5.82 Å². The van der Waals surface area contributed by atoms with E-state index >= 15 is 0 Å². The summed E-state index contributed by atoms with van der Waals surface area (Å²) in [6.45, 7) is 11.4. The van der Waals surface area contributed by atoms with Crippen LogP contribution in [0.15, 0.2) is 18.3 Å². The van der Waals surface area contributed by atoms with Crippen molar-refractivity contribution in [3.63, 3.8) is 0 Å². The van der Waals surface area contributed by atoms with Gasteiger partial charge in [-0.05, 0) is 50.3 Å². The Hall–Kier alpha value is -1.09. The Morgan fingerprint density at radius 2 is 2.10 bits per heavy atom. The van der Waals surface area contributed by atoms with Crippen molar-refractivity contribution in [3.05, 3.63) is 23.9 Å². The first-order chi connectivity index (χ1) is 10.1. The van der Waals surface area contributed by atoms with E-state index in [4.69, 9.17) is 0 Å². The second-order valence-corrected chi connectivity index (χ2v) is 6.83. The van der Waals surface area contributed by atoms with E-state index in [0.29, 0.717) is 12.1 Å². The lowest BCUT2D eigenvalue weighted by atomic mass is 9.95. The van der Waals surface area contributed by atoms with Crippen molar-refractivity contribution in [2.45, 2.75) is 65.5 Å². The lowest BCUT2D eigenvalue weighted by Gasteiger charge is -2.37. The number of anilines is 1. The van der Waals surface area contributed by atoms with Crippen LogP contribution in [0.2, 0.25) is 0 Å². The summed E-state index contributed by atoms with van der Waals surface area (Å²) < 4.78 is 0. The van der Waals surface area contributed by atoms with E-state index < -0.39 is 0 Å². The smallest absolute Gasteiger partial charge is 0.126 e. The van der Waals surface area contributed by atoms with Crippen LogP contribution in [0, 0.1) is 5.92 Å². The molecule has 0 spiro atoms. The Bertz CT molecular complexity index is 413. The topological polar surface area (TPSA) is 28.2 Å². The van der Waals surface area contributed by atoms with Crippen LogP contribution in [-0.4, -0.2) is 29.0 Å². The molecule has 2 atom stereocenters. The van der Waals surface area contributed by atoms with Crippen molar-refractivity contribution in [2.75, 3.05) is 18.4 Å². The number of nitrogens with zero attached hydrogens (tertiary/aromatic N) is 2. The highest BCUT2D eigenvalue weighted by molar-refractivity contribution is 5.37. The SMILES string of the molecule is CC[C@@H](C)Nc1ccc([C@H]2CCCCN2CC(C)C)cn1. The number of rotatable bonds is 6. The summed E-state index contributed by atoms with van der Waals surface area (Å²) >= 11 is 0. The van der Waals surface area contributed by atoms with Gasteiger partial charge in [0.15, 0.2) is 0 Å². The van der Waals surface area contributed by atoms with E-state index in [1.165, 1.54) is 37.9 Å². The third-order valence-electron chi connectivity index (χ3n) is 4.39. The van der Waals surface area contributed by atoms with Crippen molar-refractivity contribution < 1.29 is 0 Å². The first kappa shape index (κ1) is 16.3. The van der Waals surface area contributed by atoms with Gasteiger partial charge in [0, 0.05) is 24.8 Å². The average Bonchev–Trinajstić information content (AvgIpc) is 2.48. The third-order valence-corrected chi connectivity index (χ3v) is 4.39. The molecule has 0 saturated carbocycles. The van der Waals surface area contributed by atoms with Crippen LogP contribution in [0.4, 0.5) is 5.82 Å². The highest BCUT2D eigenvalue weighted by atomic mass is 15.2. The number of nitrogens with one attached hydrogen (secondary N) is 1. The molecule has 1 aromatic rings. The first-order valence-electron chi connectivity index (χ1n) is 8.56. The molecule has 21 heavy (non-hydrogen) atoms. The molecule has 1 N–H and O–H groups in total. The summed E-state index contributed by atoms with van der Waals surface area (Å²) in [6.07, 6.45) is 7.14. The van der Waals surface area contributed by atoms with Crippen molar-refractivity contribution in [3.8, 4) is 0 Å². The zero-order valence-electron chi connectivity index (χ0n) is 14.1. The molecule has 1 aromatic heterocycles. The fraction of sp³-hybridized carbons (Fsp3) is 0.722. The van der Waals surface area contributed by atoms with Gasteiger partial charge < -0.3 is 5.32 Å². The molecule has 0 bridgehead atoms. The minimum absolute atomic E-state index is 0.482. The molecule has 3 nitrogen and oxygen atoms in total. The maximum Gasteiger partial charge on any atom is 0.126 e. The molecule has 3 heteroatoms. The number of aromatic nitrogens is 1.